The minimum absolute atomic E-state index is 0.370. The Labute approximate surface area is 137 Å². The first-order valence-electron chi connectivity index (χ1n) is 8.24. The van der Waals surface area contributed by atoms with Crippen LogP contribution in [0.3, 0.4) is 0 Å². The Bertz CT molecular complexity index is 390. The van der Waals surface area contributed by atoms with Crippen molar-refractivity contribution in [3.63, 3.8) is 0 Å². The van der Waals surface area contributed by atoms with Crippen molar-refractivity contribution in [2.75, 3.05) is 0 Å². The third-order valence-corrected chi connectivity index (χ3v) is 10.2. The second-order valence-corrected chi connectivity index (χ2v) is 17.0. The molecule has 0 spiro atoms. The summed E-state index contributed by atoms with van der Waals surface area (Å²) in [6.45, 7) is 14.7. The fourth-order valence-electron chi connectivity index (χ4n) is 3.23. The predicted octanol–water partition coefficient (Wildman–Crippen LogP) is 3.69. The van der Waals surface area contributed by atoms with E-state index < -0.39 is 28.7 Å². The zero-order valence-corrected chi connectivity index (χ0v) is 16.7. The lowest BCUT2D eigenvalue weighted by atomic mass is 9.84. The predicted molar refractivity (Wildman–Crippen MR) is 94.8 cm³/mol. The summed E-state index contributed by atoms with van der Waals surface area (Å²) >= 11 is 0. The maximum absolute atomic E-state index is 11.2. The Morgan fingerprint density at radius 2 is 1.91 bits per heavy atom. The van der Waals surface area contributed by atoms with Crippen molar-refractivity contribution in [3.05, 3.63) is 12.7 Å². The molecule has 0 aromatic heterocycles. The van der Waals surface area contributed by atoms with E-state index in [1.807, 2.05) is 0 Å². The van der Waals surface area contributed by atoms with Crippen molar-refractivity contribution < 1.29 is 18.8 Å². The second-order valence-electron chi connectivity index (χ2n) is 7.94. The molecule has 0 heterocycles. The molecule has 128 valence electrons. The van der Waals surface area contributed by atoms with Gasteiger partial charge in [0.2, 0.25) is 0 Å². The van der Waals surface area contributed by atoms with Crippen LogP contribution in [0.4, 0.5) is 0 Å². The minimum atomic E-state index is -1.61. The Hall–Kier alpha value is -0.436. The summed E-state index contributed by atoms with van der Waals surface area (Å²) in [7, 11) is -3.09. The molecule has 0 aliphatic heterocycles. The first kappa shape index (κ1) is 19.6. The van der Waals surface area contributed by atoms with Crippen LogP contribution >= 0.6 is 0 Å². The Morgan fingerprint density at radius 3 is 2.41 bits per heavy atom. The number of esters is 1. The van der Waals surface area contributed by atoms with E-state index >= 15 is 0 Å². The number of rotatable bonds is 7. The lowest BCUT2D eigenvalue weighted by Gasteiger charge is -2.35. The molecule has 1 aliphatic carbocycles. The van der Waals surface area contributed by atoms with Crippen molar-refractivity contribution in [2.45, 2.75) is 76.7 Å². The molecular formula is C16H32O4Si2. The summed E-state index contributed by atoms with van der Waals surface area (Å²) < 4.78 is 11.6. The van der Waals surface area contributed by atoms with Gasteiger partial charge in [0.05, 0.1) is 6.10 Å². The summed E-state index contributed by atoms with van der Waals surface area (Å²) in [6, 6.07) is 1.13. The molecule has 0 aromatic carbocycles. The van der Waals surface area contributed by atoms with E-state index in [0.717, 1.165) is 31.4 Å². The number of carbonyl (C=O) groups excluding carboxylic acids is 1. The Balaban J connectivity index is 2.41. The van der Waals surface area contributed by atoms with Crippen LogP contribution in [0.1, 0.15) is 25.7 Å². The van der Waals surface area contributed by atoms with Crippen LogP contribution in [0.15, 0.2) is 12.7 Å². The third kappa shape index (κ3) is 7.22. The van der Waals surface area contributed by atoms with E-state index in [9.17, 15) is 9.90 Å². The van der Waals surface area contributed by atoms with Crippen LogP contribution in [0, 0.1) is 5.92 Å². The van der Waals surface area contributed by atoms with Gasteiger partial charge in [-0.3, -0.25) is 0 Å². The van der Waals surface area contributed by atoms with Crippen LogP contribution in [-0.4, -0.2) is 39.9 Å². The SMILES string of the molecule is C=CC(=O)OC1CCC(CC[Si](C)(C)O[Si](C)(C)C)CC1O. The van der Waals surface area contributed by atoms with Gasteiger partial charge in [-0.1, -0.05) is 13.0 Å². The molecule has 0 saturated heterocycles. The number of ether oxygens (including phenoxy) is 1. The van der Waals surface area contributed by atoms with E-state index in [2.05, 4.69) is 39.3 Å². The van der Waals surface area contributed by atoms with E-state index in [0.29, 0.717) is 12.3 Å². The number of carbonyl (C=O) groups is 1. The number of aliphatic hydroxyl groups excluding tert-OH is 1. The largest absolute Gasteiger partial charge is 0.456 e. The third-order valence-electron chi connectivity index (χ3n) is 4.03. The van der Waals surface area contributed by atoms with Gasteiger partial charge in [0, 0.05) is 6.08 Å². The van der Waals surface area contributed by atoms with Crippen LogP contribution in [0.2, 0.25) is 38.8 Å². The average molecular weight is 345 g/mol. The molecule has 0 radical (unpaired) electrons. The summed E-state index contributed by atoms with van der Waals surface area (Å²) in [4.78, 5) is 11.2. The summed E-state index contributed by atoms with van der Waals surface area (Å²) in [6.07, 6.45) is 3.79. The average Bonchev–Trinajstić information content (AvgIpc) is 2.36. The molecule has 1 rings (SSSR count). The lowest BCUT2D eigenvalue weighted by Crippen LogP contribution is -2.43. The molecule has 1 fully saturated rings. The summed E-state index contributed by atoms with van der Waals surface area (Å²) in [5.74, 6) is 0.0604. The number of hydrogen-bond donors (Lipinski definition) is 1. The van der Waals surface area contributed by atoms with Gasteiger partial charge in [0.1, 0.15) is 6.10 Å². The van der Waals surface area contributed by atoms with E-state index in [4.69, 9.17) is 8.85 Å². The quantitative estimate of drug-likeness (QED) is 0.435. The van der Waals surface area contributed by atoms with Gasteiger partial charge in [0.25, 0.3) is 0 Å². The highest BCUT2D eigenvalue weighted by Crippen LogP contribution is 2.32. The van der Waals surface area contributed by atoms with Gasteiger partial charge in [0.15, 0.2) is 16.6 Å². The molecule has 0 bridgehead atoms. The zero-order valence-electron chi connectivity index (χ0n) is 14.7. The van der Waals surface area contributed by atoms with Gasteiger partial charge in [-0.2, -0.15) is 0 Å². The molecule has 1 aliphatic rings. The maximum atomic E-state index is 11.2. The number of hydrogen-bond acceptors (Lipinski definition) is 4. The molecule has 3 unspecified atom stereocenters. The molecule has 0 amide bonds. The highest BCUT2D eigenvalue weighted by molar-refractivity contribution is 6.84. The fourth-order valence-corrected chi connectivity index (χ4v) is 11.4. The van der Waals surface area contributed by atoms with Gasteiger partial charge in [-0.05, 0) is 64.0 Å². The molecule has 3 atom stereocenters. The number of aliphatic hydroxyl groups is 1. The van der Waals surface area contributed by atoms with Gasteiger partial charge < -0.3 is 14.0 Å². The fraction of sp³-hybridized carbons (Fsp3) is 0.812. The van der Waals surface area contributed by atoms with Gasteiger partial charge >= 0.3 is 5.97 Å². The standard InChI is InChI=1S/C16H32O4Si2/c1-7-16(18)19-15-9-8-13(12-14(15)17)10-11-22(5,6)20-21(2,3)4/h7,13-15,17H,1,8-12H2,2-6H3. The lowest BCUT2D eigenvalue weighted by molar-refractivity contribution is -0.152. The van der Waals surface area contributed by atoms with Crippen LogP contribution in [0.5, 0.6) is 0 Å². The molecule has 1 N–H and O–H groups in total. The topological polar surface area (TPSA) is 55.8 Å². The van der Waals surface area contributed by atoms with Crippen molar-refractivity contribution in [1.29, 1.82) is 0 Å². The molecular weight excluding hydrogens is 312 g/mol. The Morgan fingerprint density at radius 1 is 1.27 bits per heavy atom. The normalized spacial score (nSPS) is 26.5. The molecule has 0 aromatic rings. The van der Waals surface area contributed by atoms with Crippen LogP contribution in [-0.2, 0) is 13.6 Å². The van der Waals surface area contributed by atoms with E-state index in [-0.39, 0.29) is 6.10 Å². The zero-order chi connectivity index (χ0) is 17.0. The van der Waals surface area contributed by atoms with Crippen molar-refractivity contribution >= 4 is 22.6 Å². The smallest absolute Gasteiger partial charge is 0.330 e. The molecule has 22 heavy (non-hydrogen) atoms. The van der Waals surface area contributed by atoms with Crippen LogP contribution < -0.4 is 0 Å². The van der Waals surface area contributed by atoms with Crippen molar-refractivity contribution in [1.82, 2.24) is 0 Å². The van der Waals surface area contributed by atoms with Crippen molar-refractivity contribution in [3.8, 4) is 0 Å². The van der Waals surface area contributed by atoms with Gasteiger partial charge in [-0.25, -0.2) is 4.79 Å². The highest BCUT2D eigenvalue weighted by Gasteiger charge is 2.34. The van der Waals surface area contributed by atoms with E-state index in [1.54, 1.807) is 0 Å². The van der Waals surface area contributed by atoms with Crippen LogP contribution in [0.25, 0.3) is 0 Å². The summed E-state index contributed by atoms with van der Waals surface area (Å²) in [5, 5.41) is 10.2. The minimum Gasteiger partial charge on any atom is -0.456 e. The second kappa shape index (κ2) is 7.90. The molecule has 1 saturated carbocycles. The summed E-state index contributed by atoms with van der Waals surface area (Å²) in [5.41, 5.74) is 0. The first-order chi connectivity index (χ1) is 10.0. The molecule has 6 heteroatoms. The van der Waals surface area contributed by atoms with Gasteiger partial charge in [-0.15, -0.1) is 0 Å². The highest BCUT2D eigenvalue weighted by atomic mass is 28.4. The monoisotopic (exact) mass is 344 g/mol. The first-order valence-corrected chi connectivity index (χ1v) is 14.8. The molecule has 4 nitrogen and oxygen atoms in total. The maximum Gasteiger partial charge on any atom is 0.330 e. The van der Waals surface area contributed by atoms with Crippen molar-refractivity contribution in [2.24, 2.45) is 5.92 Å². The van der Waals surface area contributed by atoms with E-state index in [1.165, 1.54) is 0 Å². The Kier molecular flexibility index (Phi) is 7.04.